The Hall–Kier alpha value is -1.34. The molecule has 21 heavy (non-hydrogen) atoms. The lowest BCUT2D eigenvalue weighted by Gasteiger charge is -2.38. The fourth-order valence-corrected chi connectivity index (χ4v) is 3.32. The Morgan fingerprint density at radius 1 is 1.48 bits per heavy atom. The van der Waals surface area contributed by atoms with Crippen molar-refractivity contribution in [3.8, 4) is 0 Å². The van der Waals surface area contributed by atoms with Crippen molar-refractivity contribution in [1.29, 1.82) is 0 Å². The quantitative estimate of drug-likeness (QED) is 0.860. The molecule has 116 valence electrons. The molecule has 3 N–H and O–H groups in total. The summed E-state index contributed by atoms with van der Waals surface area (Å²) in [5.74, 6) is -0.218. The van der Waals surface area contributed by atoms with Crippen LogP contribution in [0.4, 0.5) is 0 Å². The molecular weight excluding hydrogens is 290 g/mol. The van der Waals surface area contributed by atoms with Gasteiger partial charge in [0.2, 0.25) is 10.0 Å². The molecule has 0 radical (unpaired) electrons. The summed E-state index contributed by atoms with van der Waals surface area (Å²) in [5, 5.41) is 8.09. The van der Waals surface area contributed by atoms with E-state index >= 15 is 0 Å². The summed E-state index contributed by atoms with van der Waals surface area (Å²) in [4.78, 5) is 12.4. The zero-order valence-electron chi connectivity index (χ0n) is 12.1. The summed E-state index contributed by atoms with van der Waals surface area (Å²) in [6.07, 6.45) is 6.87. The van der Waals surface area contributed by atoms with Gasteiger partial charge in [0.05, 0.1) is 0 Å². The molecule has 6 nitrogen and oxygen atoms in total. The van der Waals surface area contributed by atoms with E-state index in [0.717, 1.165) is 25.7 Å². The van der Waals surface area contributed by atoms with Gasteiger partial charge in [0.25, 0.3) is 5.91 Å². The normalized spacial score (nSPS) is 20.9. The van der Waals surface area contributed by atoms with Crippen molar-refractivity contribution in [1.82, 2.24) is 9.88 Å². The van der Waals surface area contributed by atoms with Gasteiger partial charge in [0.1, 0.15) is 10.6 Å². The maximum atomic E-state index is 12.4. The second kappa shape index (κ2) is 4.84. The highest BCUT2D eigenvalue weighted by Crippen LogP contribution is 2.40. The van der Waals surface area contributed by atoms with Crippen LogP contribution in [0.2, 0.25) is 0 Å². The summed E-state index contributed by atoms with van der Waals surface area (Å²) in [6.45, 7) is 2.79. The topological polar surface area (TPSA) is 94.2 Å². The first-order valence-corrected chi connectivity index (χ1v) is 8.86. The maximum Gasteiger partial charge on any atom is 0.267 e. The van der Waals surface area contributed by atoms with Crippen molar-refractivity contribution in [3.63, 3.8) is 0 Å². The van der Waals surface area contributed by atoms with Crippen LogP contribution in [0.5, 0.6) is 0 Å². The van der Waals surface area contributed by atoms with Crippen molar-refractivity contribution in [2.75, 3.05) is 6.54 Å². The minimum absolute atomic E-state index is 0.00871. The van der Waals surface area contributed by atoms with Crippen LogP contribution in [0.3, 0.4) is 0 Å². The zero-order chi connectivity index (χ0) is 15.3. The SMILES string of the molecule is CC1(CNC(=O)c2cc(S(N)(=O)=O)cn2C2CC2)CCC1. The summed E-state index contributed by atoms with van der Waals surface area (Å²) in [5.41, 5.74) is 0.583. The van der Waals surface area contributed by atoms with Crippen LogP contribution < -0.4 is 10.5 Å². The molecule has 0 saturated heterocycles. The van der Waals surface area contributed by atoms with Crippen LogP contribution in [-0.4, -0.2) is 25.4 Å². The monoisotopic (exact) mass is 311 g/mol. The third kappa shape index (κ3) is 2.98. The van der Waals surface area contributed by atoms with Gasteiger partial charge in [-0.15, -0.1) is 0 Å². The largest absolute Gasteiger partial charge is 0.350 e. The van der Waals surface area contributed by atoms with E-state index in [4.69, 9.17) is 5.14 Å². The average Bonchev–Trinajstić information content (AvgIpc) is 3.10. The van der Waals surface area contributed by atoms with E-state index < -0.39 is 10.0 Å². The molecular formula is C14H21N3O3S. The number of amides is 1. The highest BCUT2D eigenvalue weighted by molar-refractivity contribution is 7.89. The number of carbonyl (C=O) groups excluding carboxylic acids is 1. The molecule has 1 aromatic heterocycles. The van der Waals surface area contributed by atoms with Gasteiger partial charge in [-0.05, 0) is 37.2 Å². The minimum Gasteiger partial charge on any atom is -0.350 e. The number of hydrogen-bond acceptors (Lipinski definition) is 3. The fraction of sp³-hybridized carbons (Fsp3) is 0.643. The number of nitrogens with two attached hydrogens (primary N) is 1. The molecule has 1 amide bonds. The Bertz CT molecular complexity index is 670. The summed E-state index contributed by atoms with van der Waals surface area (Å²) in [7, 11) is -3.78. The summed E-state index contributed by atoms with van der Waals surface area (Å²) in [6, 6.07) is 1.60. The molecule has 0 spiro atoms. The first-order valence-electron chi connectivity index (χ1n) is 7.31. The average molecular weight is 311 g/mol. The van der Waals surface area contributed by atoms with Gasteiger partial charge >= 0.3 is 0 Å². The predicted molar refractivity (Wildman–Crippen MR) is 78.4 cm³/mol. The lowest BCUT2D eigenvalue weighted by molar-refractivity contribution is 0.0881. The van der Waals surface area contributed by atoms with E-state index in [9.17, 15) is 13.2 Å². The highest BCUT2D eigenvalue weighted by atomic mass is 32.2. The van der Waals surface area contributed by atoms with E-state index in [2.05, 4.69) is 12.2 Å². The molecule has 2 saturated carbocycles. The number of hydrogen-bond donors (Lipinski definition) is 2. The highest BCUT2D eigenvalue weighted by Gasteiger charge is 2.33. The number of aromatic nitrogens is 1. The van der Waals surface area contributed by atoms with Gasteiger partial charge in [0.15, 0.2) is 0 Å². The van der Waals surface area contributed by atoms with Crippen molar-refractivity contribution >= 4 is 15.9 Å². The van der Waals surface area contributed by atoms with Gasteiger partial charge < -0.3 is 9.88 Å². The third-order valence-electron chi connectivity index (χ3n) is 4.56. The van der Waals surface area contributed by atoms with Crippen molar-refractivity contribution in [2.24, 2.45) is 10.6 Å². The van der Waals surface area contributed by atoms with Crippen LogP contribution in [0.15, 0.2) is 17.2 Å². The first kappa shape index (κ1) is 14.6. The van der Waals surface area contributed by atoms with Gasteiger partial charge in [0, 0.05) is 18.8 Å². The maximum absolute atomic E-state index is 12.4. The van der Waals surface area contributed by atoms with Crippen molar-refractivity contribution < 1.29 is 13.2 Å². The third-order valence-corrected chi connectivity index (χ3v) is 5.44. The molecule has 0 bridgehead atoms. The minimum atomic E-state index is -3.78. The Labute approximate surface area is 124 Å². The molecule has 2 fully saturated rings. The molecule has 2 aliphatic carbocycles. The standard InChI is InChI=1S/C14H21N3O3S/c1-14(5-2-6-14)9-16-13(18)12-7-11(21(15,19)20)8-17(12)10-3-4-10/h7-8,10H,2-6,9H2,1H3,(H,16,18)(H2,15,19,20). The Morgan fingerprint density at radius 2 is 2.14 bits per heavy atom. The molecule has 1 heterocycles. The van der Waals surface area contributed by atoms with Crippen molar-refractivity contribution in [2.45, 2.75) is 50.0 Å². The van der Waals surface area contributed by atoms with Crippen LogP contribution in [-0.2, 0) is 10.0 Å². The predicted octanol–water partition coefficient (Wildman–Crippen LogP) is 1.39. The second-order valence-electron chi connectivity index (χ2n) is 6.59. The van der Waals surface area contributed by atoms with E-state index in [1.54, 1.807) is 4.57 Å². The molecule has 0 unspecified atom stereocenters. The number of primary sulfonamides is 1. The van der Waals surface area contributed by atoms with Gasteiger partial charge in [-0.2, -0.15) is 0 Å². The van der Waals surface area contributed by atoms with E-state index in [-0.39, 0.29) is 22.3 Å². The molecule has 0 aliphatic heterocycles. The van der Waals surface area contributed by atoms with E-state index in [0.29, 0.717) is 12.2 Å². The zero-order valence-corrected chi connectivity index (χ0v) is 12.9. The van der Waals surface area contributed by atoms with E-state index in [1.165, 1.54) is 18.7 Å². The number of nitrogens with zero attached hydrogens (tertiary/aromatic N) is 1. The summed E-state index contributed by atoms with van der Waals surface area (Å²) < 4.78 is 24.7. The molecule has 7 heteroatoms. The Kier molecular flexibility index (Phi) is 3.37. The lowest BCUT2D eigenvalue weighted by Crippen LogP contribution is -2.40. The van der Waals surface area contributed by atoms with Gasteiger partial charge in [-0.25, -0.2) is 13.6 Å². The second-order valence-corrected chi connectivity index (χ2v) is 8.15. The molecule has 1 aromatic rings. The number of rotatable bonds is 5. The van der Waals surface area contributed by atoms with E-state index in [1.807, 2.05) is 0 Å². The molecule has 0 aromatic carbocycles. The lowest BCUT2D eigenvalue weighted by atomic mass is 9.70. The molecule has 0 atom stereocenters. The van der Waals surface area contributed by atoms with Gasteiger partial charge in [-0.1, -0.05) is 13.3 Å². The molecule has 3 rings (SSSR count). The van der Waals surface area contributed by atoms with Crippen LogP contribution >= 0.6 is 0 Å². The number of nitrogens with one attached hydrogen (secondary N) is 1. The van der Waals surface area contributed by atoms with Gasteiger partial charge in [-0.3, -0.25) is 4.79 Å². The van der Waals surface area contributed by atoms with Crippen molar-refractivity contribution in [3.05, 3.63) is 18.0 Å². The van der Waals surface area contributed by atoms with Crippen LogP contribution in [0.25, 0.3) is 0 Å². The first-order chi connectivity index (χ1) is 9.78. The fourth-order valence-electron chi connectivity index (χ4n) is 2.79. The van der Waals surface area contributed by atoms with Crippen LogP contribution in [0, 0.1) is 5.41 Å². The molecule has 2 aliphatic rings. The Morgan fingerprint density at radius 3 is 2.62 bits per heavy atom. The van der Waals surface area contributed by atoms with Crippen LogP contribution in [0.1, 0.15) is 55.6 Å². The summed E-state index contributed by atoms with van der Waals surface area (Å²) >= 11 is 0. The smallest absolute Gasteiger partial charge is 0.267 e. The number of sulfonamides is 1. The number of carbonyl (C=O) groups is 1. The Balaban J connectivity index is 1.79.